The lowest BCUT2D eigenvalue weighted by molar-refractivity contribution is -0.141. The molecule has 124 valence electrons. The van der Waals surface area contributed by atoms with Crippen LogP contribution in [0.1, 0.15) is 13.8 Å². The van der Waals surface area contributed by atoms with Gasteiger partial charge in [-0.15, -0.1) is 0 Å². The van der Waals surface area contributed by atoms with Crippen molar-refractivity contribution >= 4 is 35.3 Å². The van der Waals surface area contributed by atoms with Gasteiger partial charge >= 0.3 is 11.9 Å². The van der Waals surface area contributed by atoms with Gasteiger partial charge in [0.25, 0.3) is 0 Å². The Bertz CT molecular complexity index is 607. The van der Waals surface area contributed by atoms with E-state index in [1.807, 2.05) is 0 Å². The van der Waals surface area contributed by atoms with E-state index in [1.54, 1.807) is 38.1 Å². The molecule has 0 atom stereocenters. The van der Waals surface area contributed by atoms with E-state index < -0.39 is 17.7 Å². The molecule has 0 aliphatic heterocycles. The molecular formula is C16H17ClO5S. The van der Waals surface area contributed by atoms with Gasteiger partial charge in [0.1, 0.15) is 0 Å². The summed E-state index contributed by atoms with van der Waals surface area (Å²) in [6, 6.07) is 6.88. The zero-order chi connectivity index (χ0) is 17.2. The predicted molar refractivity (Wildman–Crippen MR) is 89.4 cm³/mol. The van der Waals surface area contributed by atoms with Crippen molar-refractivity contribution in [3.8, 4) is 0 Å². The number of hydrogen-bond donors (Lipinski definition) is 1. The van der Waals surface area contributed by atoms with Crippen molar-refractivity contribution in [3.63, 3.8) is 0 Å². The highest BCUT2D eigenvalue weighted by atomic mass is 35.5. The monoisotopic (exact) mass is 356 g/mol. The van der Waals surface area contributed by atoms with Crippen molar-refractivity contribution in [1.29, 1.82) is 0 Å². The number of esters is 2. The standard InChI is InChI=1S/C16H17ClO5S/c1-3-21-15(19)13(18)9-10-14(16(20)22-4-2)23-12-7-5-11(17)6-8-12/h5-10,18H,3-4H2,1-2H3. The van der Waals surface area contributed by atoms with E-state index in [2.05, 4.69) is 4.74 Å². The average molecular weight is 357 g/mol. The molecule has 5 nitrogen and oxygen atoms in total. The molecule has 1 N–H and O–H groups in total. The third-order valence-corrected chi connectivity index (χ3v) is 3.68. The Labute approximate surface area is 143 Å². The molecule has 0 saturated carbocycles. The van der Waals surface area contributed by atoms with Crippen LogP contribution in [0, 0.1) is 0 Å². The second-order valence-corrected chi connectivity index (χ2v) is 5.63. The normalized spacial score (nSPS) is 12.0. The Kier molecular flexibility index (Phi) is 8.29. The summed E-state index contributed by atoms with van der Waals surface area (Å²) in [5.41, 5.74) is 0. The topological polar surface area (TPSA) is 72.8 Å². The summed E-state index contributed by atoms with van der Waals surface area (Å²) in [5.74, 6) is -2.01. The molecule has 0 aliphatic carbocycles. The molecule has 0 amide bonds. The van der Waals surface area contributed by atoms with Crippen LogP contribution in [-0.4, -0.2) is 30.3 Å². The number of aliphatic hydroxyl groups is 1. The molecule has 1 aromatic carbocycles. The molecule has 23 heavy (non-hydrogen) atoms. The second kappa shape index (κ2) is 9.97. The molecule has 0 radical (unpaired) electrons. The van der Waals surface area contributed by atoms with E-state index in [9.17, 15) is 14.7 Å². The van der Waals surface area contributed by atoms with Gasteiger partial charge in [0.05, 0.1) is 18.1 Å². The maximum absolute atomic E-state index is 12.0. The quantitative estimate of drug-likeness (QED) is 0.263. The number of aliphatic hydroxyl groups excluding tert-OH is 1. The molecule has 0 heterocycles. The van der Waals surface area contributed by atoms with Crippen LogP contribution in [0.3, 0.4) is 0 Å². The van der Waals surface area contributed by atoms with Crippen molar-refractivity contribution in [2.24, 2.45) is 0 Å². The van der Waals surface area contributed by atoms with Crippen LogP contribution in [0.25, 0.3) is 0 Å². The van der Waals surface area contributed by atoms with Gasteiger partial charge < -0.3 is 14.6 Å². The van der Waals surface area contributed by atoms with Crippen molar-refractivity contribution in [1.82, 2.24) is 0 Å². The lowest BCUT2D eigenvalue weighted by Gasteiger charge is -2.06. The maximum atomic E-state index is 12.0. The first-order valence-electron chi connectivity index (χ1n) is 6.86. The number of benzene rings is 1. The van der Waals surface area contributed by atoms with Crippen molar-refractivity contribution in [2.45, 2.75) is 18.7 Å². The van der Waals surface area contributed by atoms with Crippen LogP contribution in [0.4, 0.5) is 0 Å². The highest BCUT2D eigenvalue weighted by Gasteiger charge is 2.13. The fourth-order valence-corrected chi connectivity index (χ4v) is 2.33. The lowest BCUT2D eigenvalue weighted by atomic mass is 10.4. The van der Waals surface area contributed by atoms with Crippen LogP contribution in [0.2, 0.25) is 5.02 Å². The highest BCUT2D eigenvalue weighted by Crippen LogP contribution is 2.28. The third-order valence-electron chi connectivity index (χ3n) is 2.40. The molecule has 0 aliphatic rings. The molecule has 1 rings (SSSR count). The van der Waals surface area contributed by atoms with E-state index in [4.69, 9.17) is 16.3 Å². The van der Waals surface area contributed by atoms with Gasteiger partial charge in [-0.1, -0.05) is 23.4 Å². The minimum Gasteiger partial charge on any atom is -0.502 e. The number of hydrogen-bond acceptors (Lipinski definition) is 6. The minimum absolute atomic E-state index is 0.144. The second-order valence-electron chi connectivity index (χ2n) is 4.08. The number of rotatable bonds is 7. The van der Waals surface area contributed by atoms with Gasteiger partial charge in [-0.2, -0.15) is 0 Å². The maximum Gasteiger partial charge on any atom is 0.373 e. The molecule has 0 aromatic heterocycles. The number of thioether (sulfide) groups is 1. The molecule has 0 unspecified atom stereocenters. The van der Waals surface area contributed by atoms with Gasteiger partial charge in [0, 0.05) is 9.92 Å². The molecule has 1 aromatic rings. The summed E-state index contributed by atoms with van der Waals surface area (Å²) < 4.78 is 9.61. The molecule has 0 fully saturated rings. The van der Waals surface area contributed by atoms with Crippen molar-refractivity contribution < 1.29 is 24.2 Å². The van der Waals surface area contributed by atoms with Gasteiger partial charge in [0.15, 0.2) is 0 Å². The Hall–Kier alpha value is -1.92. The van der Waals surface area contributed by atoms with Crippen LogP contribution < -0.4 is 0 Å². The Morgan fingerprint density at radius 2 is 1.65 bits per heavy atom. The first-order chi connectivity index (χ1) is 11.0. The van der Waals surface area contributed by atoms with E-state index >= 15 is 0 Å². The van der Waals surface area contributed by atoms with Crippen molar-refractivity contribution in [3.05, 3.63) is 52.1 Å². The fourth-order valence-electron chi connectivity index (χ4n) is 1.40. The van der Waals surface area contributed by atoms with E-state index in [-0.39, 0.29) is 18.1 Å². The molecule has 0 saturated heterocycles. The summed E-state index contributed by atoms with van der Waals surface area (Å²) in [4.78, 5) is 24.3. The molecule has 0 spiro atoms. The Morgan fingerprint density at radius 3 is 2.22 bits per heavy atom. The number of allylic oxidation sites excluding steroid dienone is 2. The van der Waals surface area contributed by atoms with Gasteiger partial charge in [-0.3, -0.25) is 0 Å². The molecular weight excluding hydrogens is 340 g/mol. The average Bonchev–Trinajstić information content (AvgIpc) is 2.53. The third kappa shape index (κ3) is 6.80. The Morgan fingerprint density at radius 1 is 1.09 bits per heavy atom. The first-order valence-corrected chi connectivity index (χ1v) is 8.06. The SMILES string of the molecule is CCOC(=O)C(O)=CC=C(Sc1ccc(Cl)cc1)C(=O)OCC. The largest absolute Gasteiger partial charge is 0.502 e. The van der Waals surface area contributed by atoms with Crippen LogP contribution >= 0.6 is 23.4 Å². The summed E-state index contributed by atoms with van der Waals surface area (Å²) in [6.45, 7) is 3.67. The van der Waals surface area contributed by atoms with Crippen LogP contribution in [0.15, 0.2) is 52.0 Å². The number of ether oxygens (including phenoxy) is 2. The summed E-state index contributed by atoms with van der Waals surface area (Å²) in [5, 5.41) is 10.2. The van der Waals surface area contributed by atoms with Gasteiger partial charge in [-0.05, 0) is 50.3 Å². The zero-order valence-electron chi connectivity index (χ0n) is 12.7. The summed E-state index contributed by atoms with van der Waals surface area (Å²) in [6.07, 6.45) is 2.41. The van der Waals surface area contributed by atoms with E-state index in [1.165, 1.54) is 6.08 Å². The summed E-state index contributed by atoms with van der Waals surface area (Å²) in [7, 11) is 0. The van der Waals surface area contributed by atoms with Gasteiger partial charge in [0.2, 0.25) is 5.76 Å². The minimum atomic E-state index is -0.858. The predicted octanol–water partition coefficient (Wildman–Crippen LogP) is 3.88. The zero-order valence-corrected chi connectivity index (χ0v) is 14.3. The lowest BCUT2D eigenvalue weighted by Crippen LogP contribution is -2.07. The molecule has 0 bridgehead atoms. The number of carbonyl (C=O) groups excluding carboxylic acids is 2. The fraction of sp³-hybridized carbons (Fsp3) is 0.250. The first kappa shape index (κ1) is 19.1. The van der Waals surface area contributed by atoms with Crippen molar-refractivity contribution in [2.75, 3.05) is 13.2 Å². The van der Waals surface area contributed by atoms with Crippen LogP contribution in [-0.2, 0) is 19.1 Å². The number of carbonyl (C=O) groups is 2. The number of halogens is 1. The Balaban J connectivity index is 2.97. The van der Waals surface area contributed by atoms with E-state index in [0.717, 1.165) is 22.7 Å². The highest BCUT2D eigenvalue weighted by molar-refractivity contribution is 8.04. The van der Waals surface area contributed by atoms with Crippen LogP contribution in [0.5, 0.6) is 0 Å². The summed E-state index contributed by atoms with van der Waals surface area (Å²) >= 11 is 6.95. The van der Waals surface area contributed by atoms with E-state index in [0.29, 0.717) is 5.02 Å². The molecule has 7 heteroatoms. The van der Waals surface area contributed by atoms with Gasteiger partial charge in [-0.25, -0.2) is 9.59 Å². The smallest absolute Gasteiger partial charge is 0.373 e.